The Morgan fingerprint density at radius 3 is 2.30 bits per heavy atom. The normalized spacial score (nSPS) is 17.6. The lowest BCUT2D eigenvalue weighted by atomic mass is 9.95. The van der Waals surface area contributed by atoms with Gasteiger partial charge in [-0.2, -0.15) is 17.5 Å². The fraction of sp³-hybridized carbons (Fsp3) is 0.238. The number of rotatable bonds is 4. The van der Waals surface area contributed by atoms with Gasteiger partial charge in [-0.1, -0.05) is 18.2 Å². The van der Waals surface area contributed by atoms with E-state index in [4.69, 9.17) is 0 Å². The van der Waals surface area contributed by atoms with Crippen molar-refractivity contribution < 1.29 is 39.5 Å². The van der Waals surface area contributed by atoms with Gasteiger partial charge < -0.3 is 4.74 Å². The molecule has 1 atom stereocenters. The molecule has 4 rings (SSSR count). The van der Waals surface area contributed by atoms with E-state index < -0.39 is 44.8 Å². The van der Waals surface area contributed by atoms with Gasteiger partial charge in [0.1, 0.15) is 5.75 Å². The third-order valence-corrected chi connectivity index (χ3v) is 7.98. The first-order chi connectivity index (χ1) is 15.4. The van der Waals surface area contributed by atoms with Crippen LogP contribution in [-0.4, -0.2) is 25.6 Å². The Labute approximate surface area is 189 Å². The highest BCUT2D eigenvalue weighted by Crippen LogP contribution is 2.42. The molecule has 2 aromatic carbocycles. The van der Waals surface area contributed by atoms with Gasteiger partial charge in [0.25, 0.3) is 0 Å². The third kappa shape index (κ3) is 4.87. The highest BCUT2D eigenvalue weighted by atomic mass is 32.2. The van der Waals surface area contributed by atoms with Crippen molar-refractivity contribution in [3.63, 3.8) is 0 Å². The zero-order chi connectivity index (χ0) is 24.0. The van der Waals surface area contributed by atoms with Gasteiger partial charge in [-0.05, 0) is 59.3 Å². The fourth-order valence-electron chi connectivity index (χ4n) is 3.72. The van der Waals surface area contributed by atoms with Crippen molar-refractivity contribution in [1.82, 2.24) is 4.31 Å². The van der Waals surface area contributed by atoms with Crippen LogP contribution >= 0.6 is 11.3 Å². The molecule has 1 aliphatic heterocycles. The van der Waals surface area contributed by atoms with Crippen LogP contribution in [0.15, 0.2) is 64.9 Å². The van der Waals surface area contributed by atoms with Crippen molar-refractivity contribution in [2.75, 3.05) is 6.54 Å². The van der Waals surface area contributed by atoms with Crippen LogP contribution in [0.4, 0.5) is 26.3 Å². The standard InChI is InChI=1S/C21H15F6NO3S2/c22-20(23,24)14-2-1-3-16(12-14)33(29,30)28-10-8-18-17(9-11-32-18)19(28)13-4-6-15(7-5-13)31-21(25,26)27/h1-7,9,11-12,19H,8,10H2/t19-/m1/s1. The first-order valence-corrected chi connectivity index (χ1v) is 11.8. The molecule has 1 aliphatic rings. The summed E-state index contributed by atoms with van der Waals surface area (Å²) in [5.74, 6) is -0.472. The van der Waals surface area contributed by atoms with E-state index in [1.165, 1.54) is 23.5 Å². The van der Waals surface area contributed by atoms with Gasteiger partial charge in [-0.25, -0.2) is 8.42 Å². The molecule has 33 heavy (non-hydrogen) atoms. The molecule has 0 amide bonds. The number of fused-ring (bicyclic) bond motifs is 1. The second-order valence-corrected chi connectivity index (χ2v) is 10.1. The van der Waals surface area contributed by atoms with Crippen molar-refractivity contribution in [3.8, 4) is 5.75 Å². The molecule has 2 heterocycles. The van der Waals surface area contributed by atoms with E-state index in [-0.39, 0.29) is 6.54 Å². The van der Waals surface area contributed by atoms with E-state index in [0.29, 0.717) is 23.6 Å². The number of sulfonamides is 1. The average Bonchev–Trinajstić information content (AvgIpc) is 3.21. The second-order valence-electron chi connectivity index (χ2n) is 7.21. The summed E-state index contributed by atoms with van der Waals surface area (Å²) in [6.45, 7) is -0.00242. The molecule has 0 fully saturated rings. The van der Waals surface area contributed by atoms with Gasteiger partial charge >= 0.3 is 12.5 Å². The third-order valence-electron chi connectivity index (χ3n) is 5.12. The molecular weight excluding hydrogens is 492 g/mol. The smallest absolute Gasteiger partial charge is 0.406 e. The predicted molar refractivity (Wildman–Crippen MR) is 108 cm³/mol. The SMILES string of the molecule is O=S(=O)(c1cccc(C(F)(F)F)c1)N1CCc2sccc2[C@H]1c1ccc(OC(F)(F)F)cc1. The molecule has 0 spiro atoms. The van der Waals surface area contributed by atoms with E-state index in [1.54, 1.807) is 11.4 Å². The summed E-state index contributed by atoms with van der Waals surface area (Å²) in [4.78, 5) is 0.379. The summed E-state index contributed by atoms with van der Waals surface area (Å²) in [5.41, 5.74) is -0.104. The summed E-state index contributed by atoms with van der Waals surface area (Å²) >= 11 is 1.41. The van der Waals surface area contributed by atoms with Gasteiger partial charge in [-0.15, -0.1) is 24.5 Å². The molecule has 0 saturated heterocycles. The number of hydrogen-bond acceptors (Lipinski definition) is 4. The molecule has 1 aromatic heterocycles. The Kier molecular flexibility index (Phi) is 5.95. The highest BCUT2D eigenvalue weighted by Gasteiger charge is 2.39. The molecule has 0 N–H and O–H groups in total. The first kappa shape index (κ1) is 23.6. The van der Waals surface area contributed by atoms with Crippen LogP contribution in [0.25, 0.3) is 0 Å². The monoisotopic (exact) mass is 507 g/mol. The van der Waals surface area contributed by atoms with E-state index in [9.17, 15) is 34.8 Å². The van der Waals surface area contributed by atoms with Gasteiger partial charge in [0.15, 0.2) is 0 Å². The maximum Gasteiger partial charge on any atom is 0.573 e. The number of thiophene rings is 1. The van der Waals surface area contributed by atoms with Crippen LogP contribution < -0.4 is 4.74 Å². The number of nitrogens with zero attached hydrogens (tertiary/aromatic N) is 1. The van der Waals surface area contributed by atoms with Gasteiger partial charge in [0.05, 0.1) is 16.5 Å². The zero-order valence-electron chi connectivity index (χ0n) is 16.5. The molecule has 3 aromatic rings. The van der Waals surface area contributed by atoms with E-state index >= 15 is 0 Å². The van der Waals surface area contributed by atoms with E-state index in [0.717, 1.165) is 39.5 Å². The minimum atomic E-state index is -4.88. The molecule has 4 nitrogen and oxygen atoms in total. The molecule has 0 aliphatic carbocycles. The number of alkyl halides is 6. The Morgan fingerprint density at radius 2 is 1.67 bits per heavy atom. The topological polar surface area (TPSA) is 46.6 Å². The van der Waals surface area contributed by atoms with Crippen LogP contribution in [0.1, 0.15) is 27.6 Å². The summed E-state index contributed by atoms with van der Waals surface area (Å²) in [6.07, 6.45) is -9.25. The molecule has 176 valence electrons. The largest absolute Gasteiger partial charge is 0.573 e. The minimum absolute atomic E-state index is 0.00242. The zero-order valence-corrected chi connectivity index (χ0v) is 18.2. The summed E-state index contributed by atoms with van der Waals surface area (Å²) in [7, 11) is -4.37. The van der Waals surface area contributed by atoms with Crippen LogP contribution in [0.2, 0.25) is 0 Å². The minimum Gasteiger partial charge on any atom is -0.406 e. The lowest BCUT2D eigenvalue weighted by Gasteiger charge is -2.35. The first-order valence-electron chi connectivity index (χ1n) is 9.47. The van der Waals surface area contributed by atoms with Crippen LogP contribution in [0.5, 0.6) is 5.75 Å². The summed E-state index contributed by atoms with van der Waals surface area (Å²) < 4.78 is 109. The predicted octanol–water partition coefficient (Wildman–Crippen LogP) is 6.00. The van der Waals surface area contributed by atoms with E-state index in [2.05, 4.69) is 4.74 Å². The maximum atomic E-state index is 13.4. The van der Waals surface area contributed by atoms with Crippen LogP contribution in [0, 0.1) is 0 Å². The number of benzene rings is 2. The summed E-state index contributed by atoms with van der Waals surface area (Å²) in [5, 5.41) is 1.76. The number of ether oxygens (including phenoxy) is 1. The molecular formula is C21H15F6NO3S2. The molecule has 0 radical (unpaired) electrons. The van der Waals surface area contributed by atoms with Crippen LogP contribution in [-0.2, 0) is 22.6 Å². The Bertz CT molecular complexity index is 1250. The Balaban J connectivity index is 1.76. The van der Waals surface area contributed by atoms with Crippen molar-refractivity contribution in [3.05, 3.63) is 81.5 Å². The van der Waals surface area contributed by atoms with Crippen molar-refractivity contribution in [1.29, 1.82) is 0 Å². The van der Waals surface area contributed by atoms with Gasteiger partial charge in [0.2, 0.25) is 10.0 Å². The quantitative estimate of drug-likeness (QED) is 0.407. The molecule has 0 unspecified atom stereocenters. The molecule has 12 heteroatoms. The lowest BCUT2D eigenvalue weighted by Crippen LogP contribution is -2.40. The van der Waals surface area contributed by atoms with Crippen LogP contribution in [0.3, 0.4) is 0 Å². The van der Waals surface area contributed by atoms with E-state index in [1.807, 2.05) is 0 Å². The van der Waals surface area contributed by atoms with Crippen molar-refractivity contribution >= 4 is 21.4 Å². The molecule has 0 saturated carbocycles. The number of hydrogen-bond donors (Lipinski definition) is 0. The molecule has 0 bridgehead atoms. The van der Waals surface area contributed by atoms with Crippen molar-refractivity contribution in [2.24, 2.45) is 0 Å². The van der Waals surface area contributed by atoms with Gasteiger partial charge in [-0.3, -0.25) is 0 Å². The average molecular weight is 507 g/mol. The summed E-state index contributed by atoms with van der Waals surface area (Å²) in [6, 6.07) is 9.02. The highest BCUT2D eigenvalue weighted by molar-refractivity contribution is 7.89. The maximum absolute atomic E-state index is 13.4. The number of halogens is 6. The Hall–Kier alpha value is -2.57. The Morgan fingerprint density at radius 1 is 0.970 bits per heavy atom. The van der Waals surface area contributed by atoms with Crippen molar-refractivity contribution in [2.45, 2.75) is 29.9 Å². The second kappa shape index (κ2) is 8.33. The van der Waals surface area contributed by atoms with Gasteiger partial charge in [0, 0.05) is 11.4 Å². The lowest BCUT2D eigenvalue weighted by molar-refractivity contribution is -0.274. The fourth-order valence-corrected chi connectivity index (χ4v) is 6.26.